The van der Waals surface area contributed by atoms with Crippen molar-refractivity contribution in [3.8, 4) is 0 Å². The van der Waals surface area contributed by atoms with Crippen LogP contribution in [-0.2, 0) is 11.2 Å². The molecule has 23 heavy (non-hydrogen) atoms. The highest BCUT2D eigenvalue weighted by molar-refractivity contribution is 7.15. The Balaban J connectivity index is 1.64. The topological polar surface area (TPSA) is 65.5 Å². The second kappa shape index (κ2) is 7.00. The Morgan fingerprint density at radius 1 is 1.30 bits per heavy atom. The van der Waals surface area contributed by atoms with Crippen LogP contribution in [0.5, 0.6) is 0 Å². The molecule has 1 aliphatic heterocycles. The van der Waals surface area contributed by atoms with E-state index in [0.29, 0.717) is 6.42 Å². The van der Waals surface area contributed by atoms with E-state index < -0.39 is 5.97 Å². The SMILES string of the molecule is Cc1nc(Nc2ccc(N3CCCC3)cc2)sc1CCC(=O)O. The minimum Gasteiger partial charge on any atom is -0.481 e. The summed E-state index contributed by atoms with van der Waals surface area (Å²) < 4.78 is 0. The van der Waals surface area contributed by atoms with Gasteiger partial charge in [-0.3, -0.25) is 4.79 Å². The minimum atomic E-state index is -0.773. The lowest BCUT2D eigenvalue weighted by atomic mass is 10.2. The number of hydrogen-bond donors (Lipinski definition) is 2. The summed E-state index contributed by atoms with van der Waals surface area (Å²) in [5, 5.41) is 12.9. The van der Waals surface area contributed by atoms with Crippen molar-refractivity contribution in [2.45, 2.75) is 32.6 Å². The zero-order chi connectivity index (χ0) is 16.2. The van der Waals surface area contributed by atoms with E-state index in [-0.39, 0.29) is 6.42 Å². The van der Waals surface area contributed by atoms with Gasteiger partial charge in [-0.1, -0.05) is 0 Å². The number of aromatic nitrogens is 1. The predicted octanol–water partition coefficient (Wildman–Crippen LogP) is 3.81. The summed E-state index contributed by atoms with van der Waals surface area (Å²) in [6.07, 6.45) is 3.23. The van der Waals surface area contributed by atoms with Gasteiger partial charge in [0.1, 0.15) is 0 Å². The molecule has 0 aliphatic carbocycles. The fourth-order valence-electron chi connectivity index (χ4n) is 2.79. The smallest absolute Gasteiger partial charge is 0.303 e. The van der Waals surface area contributed by atoms with Crippen LogP contribution in [-0.4, -0.2) is 29.1 Å². The number of carboxylic acid groups (broad SMARTS) is 1. The van der Waals surface area contributed by atoms with Gasteiger partial charge in [-0.2, -0.15) is 0 Å². The molecule has 122 valence electrons. The van der Waals surface area contributed by atoms with Gasteiger partial charge in [-0.05, 0) is 50.5 Å². The number of aliphatic carboxylic acids is 1. The standard InChI is InChI=1S/C17H21N3O2S/c1-12-15(8-9-16(21)22)23-17(18-12)19-13-4-6-14(7-5-13)20-10-2-3-11-20/h4-7H,2-3,8-11H2,1H3,(H,18,19)(H,21,22). The molecule has 0 amide bonds. The molecule has 2 heterocycles. The number of hydrogen-bond acceptors (Lipinski definition) is 5. The highest BCUT2D eigenvalue weighted by atomic mass is 32.1. The van der Waals surface area contributed by atoms with Crippen molar-refractivity contribution in [3.63, 3.8) is 0 Å². The largest absolute Gasteiger partial charge is 0.481 e. The fraction of sp³-hybridized carbons (Fsp3) is 0.412. The lowest BCUT2D eigenvalue weighted by molar-refractivity contribution is -0.136. The summed E-state index contributed by atoms with van der Waals surface area (Å²) in [5.41, 5.74) is 3.18. The van der Waals surface area contributed by atoms with Crippen LogP contribution in [0.2, 0.25) is 0 Å². The molecule has 1 fully saturated rings. The summed E-state index contributed by atoms with van der Waals surface area (Å²) in [6.45, 7) is 4.21. The zero-order valence-electron chi connectivity index (χ0n) is 13.2. The summed E-state index contributed by atoms with van der Waals surface area (Å²) >= 11 is 1.53. The number of nitrogens with one attached hydrogen (secondary N) is 1. The Morgan fingerprint density at radius 2 is 2.00 bits per heavy atom. The van der Waals surface area contributed by atoms with Crippen LogP contribution in [0.1, 0.15) is 29.8 Å². The number of benzene rings is 1. The third kappa shape index (κ3) is 4.01. The van der Waals surface area contributed by atoms with Crippen LogP contribution in [0.15, 0.2) is 24.3 Å². The average molecular weight is 331 g/mol. The van der Waals surface area contributed by atoms with Crippen LogP contribution < -0.4 is 10.2 Å². The molecule has 0 radical (unpaired) electrons. The molecule has 5 nitrogen and oxygen atoms in total. The predicted molar refractivity (Wildman–Crippen MR) is 94.0 cm³/mol. The first-order chi connectivity index (χ1) is 11.1. The molecule has 0 atom stereocenters. The summed E-state index contributed by atoms with van der Waals surface area (Å²) in [7, 11) is 0. The molecule has 0 saturated carbocycles. The second-order valence-electron chi connectivity index (χ2n) is 5.79. The molecule has 1 aromatic carbocycles. The molecule has 0 spiro atoms. The average Bonchev–Trinajstić information content (AvgIpc) is 3.16. The van der Waals surface area contributed by atoms with E-state index in [1.54, 1.807) is 0 Å². The number of carboxylic acids is 1. The van der Waals surface area contributed by atoms with Gasteiger partial charge in [-0.15, -0.1) is 11.3 Å². The van der Waals surface area contributed by atoms with Gasteiger partial charge in [0.2, 0.25) is 0 Å². The lowest BCUT2D eigenvalue weighted by Crippen LogP contribution is -2.17. The molecule has 1 aromatic heterocycles. The van der Waals surface area contributed by atoms with Crippen molar-refractivity contribution in [2.75, 3.05) is 23.3 Å². The summed E-state index contributed by atoms with van der Waals surface area (Å²) in [5.74, 6) is -0.773. The van der Waals surface area contributed by atoms with Crippen molar-refractivity contribution in [1.29, 1.82) is 0 Å². The van der Waals surface area contributed by atoms with Crippen molar-refractivity contribution in [3.05, 3.63) is 34.8 Å². The molecular weight excluding hydrogens is 310 g/mol. The first-order valence-electron chi connectivity index (χ1n) is 7.92. The van der Waals surface area contributed by atoms with Crippen molar-refractivity contribution in [2.24, 2.45) is 0 Å². The zero-order valence-corrected chi connectivity index (χ0v) is 14.0. The van der Waals surface area contributed by atoms with Gasteiger partial charge >= 0.3 is 5.97 Å². The van der Waals surface area contributed by atoms with Gasteiger partial charge in [0.15, 0.2) is 5.13 Å². The summed E-state index contributed by atoms with van der Waals surface area (Å²) in [4.78, 5) is 18.6. The highest BCUT2D eigenvalue weighted by Crippen LogP contribution is 2.28. The van der Waals surface area contributed by atoms with Crippen LogP contribution >= 0.6 is 11.3 Å². The van der Waals surface area contributed by atoms with Crippen molar-refractivity contribution in [1.82, 2.24) is 4.98 Å². The van der Waals surface area contributed by atoms with E-state index in [1.807, 2.05) is 6.92 Å². The Labute approximate surface area is 140 Å². The van der Waals surface area contributed by atoms with Crippen LogP contribution in [0.3, 0.4) is 0 Å². The number of thiazole rings is 1. The van der Waals surface area contributed by atoms with Gasteiger partial charge in [0.05, 0.1) is 12.1 Å². The molecule has 6 heteroatoms. The number of aryl methyl sites for hydroxylation is 2. The first-order valence-corrected chi connectivity index (χ1v) is 8.73. The normalized spacial score (nSPS) is 14.2. The Bertz CT molecular complexity index is 676. The van der Waals surface area contributed by atoms with E-state index in [0.717, 1.165) is 34.5 Å². The van der Waals surface area contributed by atoms with Gasteiger partial charge in [0, 0.05) is 29.3 Å². The maximum atomic E-state index is 10.7. The van der Waals surface area contributed by atoms with Crippen LogP contribution in [0.25, 0.3) is 0 Å². The van der Waals surface area contributed by atoms with Gasteiger partial charge < -0.3 is 15.3 Å². The molecule has 2 aromatic rings. The van der Waals surface area contributed by atoms with E-state index >= 15 is 0 Å². The Morgan fingerprint density at radius 3 is 2.65 bits per heavy atom. The van der Waals surface area contributed by atoms with E-state index in [2.05, 4.69) is 39.5 Å². The number of rotatable bonds is 6. The minimum absolute atomic E-state index is 0.146. The van der Waals surface area contributed by atoms with Crippen molar-refractivity contribution < 1.29 is 9.90 Å². The molecule has 0 bridgehead atoms. The first kappa shape index (κ1) is 15.8. The van der Waals surface area contributed by atoms with E-state index in [9.17, 15) is 4.79 Å². The number of nitrogens with zero attached hydrogens (tertiary/aromatic N) is 2. The molecular formula is C17H21N3O2S. The molecule has 2 N–H and O–H groups in total. The molecule has 1 saturated heterocycles. The van der Waals surface area contributed by atoms with Gasteiger partial charge in [0.25, 0.3) is 0 Å². The maximum absolute atomic E-state index is 10.7. The monoisotopic (exact) mass is 331 g/mol. The lowest BCUT2D eigenvalue weighted by Gasteiger charge is -2.17. The third-order valence-electron chi connectivity index (χ3n) is 4.05. The van der Waals surface area contributed by atoms with Gasteiger partial charge in [-0.25, -0.2) is 4.98 Å². The van der Waals surface area contributed by atoms with Crippen LogP contribution in [0.4, 0.5) is 16.5 Å². The molecule has 1 aliphatic rings. The highest BCUT2D eigenvalue weighted by Gasteiger charge is 2.12. The maximum Gasteiger partial charge on any atom is 0.303 e. The Hall–Kier alpha value is -2.08. The number of anilines is 3. The fourth-order valence-corrected chi connectivity index (χ4v) is 3.77. The second-order valence-corrected chi connectivity index (χ2v) is 6.87. The van der Waals surface area contributed by atoms with E-state index in [4.69, 9.17) is 5.11 Å². The van der Waals surface area contributed by atoms with E-state index in [1.165, 1.54) is 29.9 Å². The molecule has 3 rings (SSSR count). The Kier molecular flexibility index (Phi) is 4.81. The summed E-state index contributed by atoms with van der Waals surface area (Å²) in [6, 6.07) is 8.42. The third-order valence-corrected chi connectivity index (χ3v) is 5.18. The number of carbonyl (C=O) groups is 1. The van der Waals surface area contributed by atoms with Crippen LogP contribution in [0, 0.1) is 6.92 Å². The van der Waals surface area contributed by atoms with Crippen molar-refractivity contribution >= 4 is 33.8 Å². The quantitative estimate of drug-likeness (QED) is 0.842. The molecule has 0 unspecified atom stereocenters.